The van der Waals surface area contributed by atoms with E-state index in [-0.39, 0.29) is 24.0 Å². The normalized spacial score (nSPS) is 12.4. The van der Waals surface area contributed by atoms with Gasteiger partial charge >= 0.3 is 0 Å². The standard InChI is InChI=1S/C14H34NSi.HI/c1-7-10-11-12-13-15(8-2,9-3)14-16(4,5)6;/h7-14H2,1-6H3;1H/q+1;/p-1. The largest absolute Gasteiger partial charge is 1.00 e. The molecule has 0 radical (unpaired) electrons. The highest BCUT2D eigenvalue weighted by Gasteiger charge is 2.30. The lowest BCUT2D eigenvalue weighted by atomic mass is 10.2. The lowest BCUT2D eigenvalue weighted by Crippen LogP contribution is -3.00. The molecule has 17 heavy (non-hydrogen) atoms. The van der Waals surface area contributed by atoms with E-state index in [4.69, 9.17) is 0 Å². The molecular formula is C14H34INSi. The molecule has 0 fully saturated rings. The van der Waals surface area contributed by atoms with Gasteiger partial charge in [0.1, 0.15) is 8.07 Å². The van der Waals surface area contributed by atoms with E-state index < -0.39 is 8.07 Å². The Morgan fingerprint density at radius 3 is 1.71 bits per heavy atom. The minimum Gasteiger partial charge on any atom is -1.00 e. The average Bonchev–Trinajstić information content (AvgIpc) is 2.21. The van der Waals surface area contributed by atoms with Crippen molar-refractivity contribution >= 4 is 8.07 Å². The van der Waals surface area contributed by atoms with Gasteiger partial charge in [-0.15, -0.1) is 0 Å². The summed E-state index contributed by atoms with van der Waals surface area (Å²) >= 11 is 0. The van der Waals surface area contributed by atoms with Gasteiger partial charge in [-0.05, 0) is 26.7 Å². The fourth-order valence-corrected chi connectivity index (χ4v) is 5.34. The highest BCUT2D eigenvalue weighted by atomic mass is 127. The molecule has 0 unspecified atom stereocenters. The van der Waals surface area contributed by atoms with Gasteiger partial charge in [0.2, 0.25) is 0 Å². The molecule has 0 atom stereocenters. The van der Waals surface area contributed by atoms with Gasteiger partial charge in [-0.1, -0.05) is 39.4 Å². The summed E-state index contributed by atoms with van der Waals surface area (Å²) in [4.78, 5) is 0. The first-order chi connectivity index (χ1) is 7.39. The topological polar surface area (TPSA) is 0 Å². The van der Waals surface area contributed by atoms with Crippen LogP contribution in [0.4, 0.5) is 0 Å². The number of halogens is 1. The maximum Gasteiger partial charge on any atom is 0.110 e. The van der Waals surface area contributed by atoms with E-state index in [1.54, 1.807) is 0 Å². The van der Waals surface area contributed by atoms with E-state index >= 15 is 0 Å². The van der Waals surface area contributed by atoms with Crippen LogP contribution in [0.3, 0.4) is 0 Å². The van der Waals surface area contributed by atoms with Crippen LogP contribution >= 0.6 is 0 Å². The van der Waals surface area contributed by atoms with Crippen molar-refractivity contribution in [3.8, 4) is 0 Å². The number of hydrogen-bond acceptors (Lipinski definition) is 0. The first kappa shape index (κ1) is 20.2. The van der Waals surface area contributed by atoms with E-state index in [9.17, 15) is 0 Å². The van der Waals surface area contributed by atoms with Crippen molar-refractivity contribution in [2.24, 2.45) is 0 Å². The number of nitrogens with zero attached hydrogens (tertiary/aromatic N) is 1. The Bertz CT molecular complexity index is 174. The molecule has 0 heterocycles. The fraction of sp³-hybridized carbons (Fsp3) is 1.00. The zero-order valence-electron chi connectivity index (χ0n) is 13.0. The van der Waals surface area contributed by atoms with E-state index in [0.717, 1.165) is 0 Å². The van der Waals surface area contributed by atoms with E-state index in [1.165, 1.54) is 56.0 Å². The van der Waals surface area contributed by atoms with Gasteiger partial charge in [-0.3, -0.25) is 0 Å². The molecule has 3 heteroatoms. The van der Waals surface area contributed by atoms with Crippen LogP contribution in [0.25, 0.3) is 0 Å². The average molecular weight is 371 g/mol. The van der Waals surface area contributed by atoms with Crippen molar-refractivity contribution in [3.05, 3.63) is 0 Å². The van der Waals surface area contributed by atoms with Crippen molar-refractivity contribution in [1.29, 1.82) is 0 Å². The molecule has 0 aliphatic rings. The molecule has 0 aromatic heterocycles. The van der Waals surface area contributed by atoms with Crippen molar-refractivity contribution < 1.29 is 28.5 Å². The molecule has 0 aliphatic carbocycles. The van der Waals surface area contributed by atoms with Crippen LogP contribution < -0.4 is 24.0 Å². The summed E-state index contributed by atoms with van der Waals surface area (Å²) in [6.45, 7) is 18.7. The smallest absolute Gasteiger partial charge is 0.110 e. The lowest BCUT2D eigenvalue weighted by molar-refractivity contribution is -0.916. The van der Waals surface area contributed by atoms with Gasteiger partial charge in [0.05, 0.1) is 25.8 Å². The third kappa shape index (κ3) is 9.48. The fourth-order valence-electron chi connectivity index (χ4n) is 2.72. The summed E-state index contributed by atoms with van der Waals surface area (Å²) in [6.07, 6.45) is 7.10. The first-order valence-corrected chi connectivity index (χ1v) is 10.9. The monoisotopic (exact) mass is 371 g/mol. The van der Waals surface area contributed by atoms with Crippen LogP contribution in [0, 0.1) is 0 Å². The van der Waals surface area contributed by atoms with Gasteiger partial charge in [-0.2, -0.15) is 0 Å². The summed E-state index contributed by atoms with van der Waals surface area (Å²) < 4.78 is 1.37. The minimum absolute atomic E-state index is 0. The predicted octanol–water partition coefficient (Wildman–Crippen LogP) is 1.30. The van der Waals surface area contributed by atoms with Gasteiger partial charge in [0, 0.05) is 0 Å². The molecule has 0 N–H and O–H groups in total. The second-order valence-corrected chi connectivity index (χ2v) is 11.9. The van der Waals surface area contributed by atoms with E-state index in [0.29, 0.717) is 0 Å². The maximum atomic E-state index is 2.51. The third-order valence-electron chi connectivity index (χ3n) is 3.64. The van der Waals surface area contributed by atoms with Gasteiger partial charge in [-0.25, -0.2) is 0 Å². The Labute approximate surface area is 128 Å². The molecule has 0 aromatic carbocycles. The molecule has 0 bridgehead atoms. The first-order valence-electron chi connectivity index (χ1n) is 7.24. The minimum atomic E-state index is -0.931. The van der Waals surface area contributed by atoms with Crippen LogP contribution in [0.1, 0.15) is 46.5 Å². The number of unbranched alkanes of at least 4 members (excludes halogenated alkanes) is 3. The van der Waals surface area contributed by atoms with Gasteiger partial charge < -0.3 is 28.5 Å². The van der Waals surface area contributed by atoms with Crippen molar-refractivity contribution in [1.82, 2.24) is 0 Å². The summed E-state index contributed by atoms with van der Waals surface area (Å²) in [5, 5.41) is 0. The quantitative estimate of drug-likeness (QED) is 0.248. The maximum absolute atomic E-state index is 2.51. The zero-order chi connectivity index (χ0) is 12.7. The Kier molecular flexibility index (Phi) is 11.6. The highest BCUT2D eigenvalue weighted by molar-refractivity contribution is 6.76. The SMILES string of the molecule is CCCCCC[N+](CC)(CC)C[Si](C)(C)C.[I-]. The Morgan fingerprint density at radius 2 is 1.35 bits per heavy atom. The van der Waals surface area contributed by atoms with Crippen LogP contribution in [0.5, 0.6) is 0 Å². The zero-order valence-corrected chi connectivity index (χ0v) is 16.1. The van der Waals surface area contributed by atoms with Gasteiger partial charge in [0.25, 0.3) is 0 Å². The second kappa shape index (κ2) is 9.79. The molecule has 0 saturated heterocycles. The van der Waals surface area contributed by atoms with Gasteiger partial charge in [0.15, 0.2) is 0 Å². The highest BCUT2D eigenvalue weighted by Crippen LogP contribution is 2.16. The summed E-state index contributed by atoms with van der Waals surface area (Å²) in [5.74, 6) is 0. The van der Waals surface area contributed by atoms with Crippen molar-refractivity contribution in [3.63, 3.8) is 0 Å². The second-order valence-electron chi connectivity index (χ2n) is 6.48. The molecule has 0 aromatic rings. The van der Waals surface area contributed by atoms with Crippen LogP contribution in [0.15, 0.2) is 0 Å². The number of rotatable bonds is 9. The number of quaternary nitrogens is 1. The summed E-state index contributed by atoms with van der Waals surface area (Å²) in [7, 11) is -0.931. The summed E-state index contributed by atoms with van der Waals surface area (Å²) in [6, 6.07) is 0. The van der Waals surface area contributed by atoms with Crippen molar-refractivity contribution in [2.45, 2.75) is 66.1 Å². The van der Waals surface area contributed by atoms with E-state index in [1.807, 2.05) is 0 Å². The molecular weight excluding hydrogens is 337 g/mol. The third-order valence-corrected chi connectivity index (χ3v) is 5.26. The van der Waals surface area contributed by atoms with Crippen LogP contribution in [-0.2, 0) is 0 Å². The molecule has 0 aliphatic heterocycles. The van der Waals surface area contributed by atoms with Crippen LogP contribution in [0.2, 0.25) is 19.6 Å². The number of hydrogen-bond donors (Lipinski definition) is 0. The Morgan fingerprint density at radius 1 is 0.824 bits per heavy atom. The predicted molar refractivity (Wildman–Crippen MR) is 78.6 cm³/mol. The molecule has 0 amide bonds. The molecule has 0 saturated carbocycles. The van der Waals surface area contributed by atoms with Crippen molar-refractivity contribution in [2.75, 3.05) is 25.8 Å². The Balaban J connectivity index is 0. The summed E-state index contributed by atoms with van der Waals surface area (Å²) in [5.41, 5.74) is 0. The molecule has 0 rings (SSSR count). The molecule has 106 valence electrons. The van der Waals surface area contributed by atoms with E-state index in [2.05, 4.69) is 40.4 Å². The Hall–Kier alpha value is 0.907. The lowest BCUT2D eigenvalue weighted by Gasteiger charge is -2.41. The van der Waals surface area contributed by atoms with Crippen LogP contribution in [-0.4, -0.2) is 38.4 Å². The molecule has 1 nitrogen and oxygen atoms in total. The molecule has 0 spiro atoms.